The first-order valence-electron chi connectivity index (χ1n) is 6.37. The zero-order valence-corrected chi connectivity index (χ0v) is 14.0. The maximum absolute atomic E-state index is 13.7. The van der Waals surface area contributed by atoms with Crippen LogP contribution in [0.2, 0.25) is 5.02 Å². The molecule has 1 aromatic rings. The van der Waals surface area contributed by atoms with Crippen molar-refractivity contribution in [1.29, 1.82) is 0 Å². The molecule has 21 heavy (non-hydrogen) atoms. The van der Waals surface area contributed by atoms with Crippen molar-refractivity contribution < 1.29 is 17.6 Å². The Bertz CT molecular complexity index is 635. The summed E-state index contributed by atoms with van der Waals surface area (Å²) in [5.41, 5.74) is -0.213. The van der Waals surface area contributed by atoms with Gasteiger partial charge in [-0.1, -0.05) is 31.4 Å². The van der Waals surface area contributed by atoms with E-state index in [0.29, 0.717) is 12.6 Å². The number of unbranched alkanes of at least 4 members (excludes halogenated alkanes) is 2. The second kappa shape index (κ2) is 7.42. The molecule has 0 aliphatic rings. The highest BCUT2D eigenvalue weighted by molar-refractivity contribution is 8.13. The highest BCUT2D eigenvalue weighted by Gasteiger charge is 2.22. The number of amides is 1. The average Bonchev–Trinajstić information content (AvgIpc) is 2.39. The quantitative estimate of drug-likeness (QED) is 0.577. The molecule has 0 heterocycles. The second-order valence-corrected chi connectivity index (χ2v) is 7.58. The number of hydrogen-bond donors (Lipinski definition) is 0. The van der Waals surface area contributed by atoms with Gasteiger partial charge in [-0.3, -0.25) is 4.79 Å². The molecule has 0 saturated heterocycles. The number of carbonyl (C=O) groups is 1. The fraction of sp³-hybridized carbons (Fsp3) is 0.462. The third-order valence-electron chi connectivity index (χ3n) is 2.96. The van der Waals surface area contributed by atoms with E-state index in [4.69, 9.17) is 22.3 Å². The predicted molar refractivity (Wildman–Crippen MR) is 80.9 cm³/mol. The van der Waals surface area contributed by atoms with Crippen LogP contribution in [0.25, 0.3) is 0 Å². The number of benzene rings is 1. The molecule has 118 valence electrons. The molecule has 1 rings (SSSR count). The smallest absolute Gasteiger partial charge is 0.261 e. The summed E-state index contributed by atoms with van der Waals surface area (Å²) >= 11 is 5.76. The van der Waals surface area contributed by atoms with E-state index in [-0.39, 0.29) is 5.56 Å². The summed E-state index contributed by atoms with van der Waals surface area (Å²) in [5.74, 6) is -1.54. The molecule has 0 N–H and O–H groups in total. The summed E-state index contributed by atoms with van der Waals surface area (Å²) in [4.78, 5) is 13.1. The molecule has 0 aromatic heterocycles. The monoisotopic (exact) mass is 355 g/mol. The summed E-state index contributed by atoms with van der Waals surface area (Å²) in [5, 5.41) is -0.411. The Morgan fingerprint density at radius 1 is 1.33 bits per heavy atom. The number of carbonyl (C=O) groups excluding carboxylic acids is 1. The summed E-state index contributed by atoms with van der Waals surface area (Å²) in [6.45, 7) is 2.51. The molecule has 0 atom stereocenters. The highest BCUT2D eigenvalue weighted by Crippen LogP contribution is 2.27. The number of hydrogen-bond acceptors (Lipinski definition) is 3. The topological polar surface area (TPSA) is 54.5 Å². The maximum atomic E-state index is 13.7. The Morgan fingerprint density at radius 2 is 1.95 bits per heavy atom. The minimum Gasteiger partial charge on any atom is -0.342 e. The third kappa shape index (κ3) is 4.83. The predicted octanol–water partition coefficient (Wildman–Crippen LogP) is 3.67. The first-order chi connectivity index (χ1) is 9.68. The molecular formula is C13H16Cl2FNO3S. The number of rotatable bonds is 6. The van der Waals surface area contributed by atoms with E-state index in [0.717, 1.165) is 25.3 Å². The summed E-state index contributed by atoms with van der Waals surface area (Å²) in [6.07, 6.45) is 2.75. The lowest BCUT2D eigenvalue weighted by Crippen LogP contribution is -2.28. The van der Waals surface area contributed by atoms with E-state index in [1.165, 1.54) is 4.90 Å². The maximum Gasteiger partial charge on any atom is 0.261 e. The van der Waals surface area contributed by atoms with Gasteiger partial charge in [0.05, 0.1) is 15.5 Å². The van der Waals surface area contributed by atoms with Gasteiger partial charge in [-0.05, 0) is 18.6 Å². The molecule has 8 heteroatoms. The van der Waals surface area contributed by atoms with Crippen molar-refractivity contribution >= 4 is 37.2 Å². The fourth-order valence-corrected chi connectivity index (χ4v) is 2.73. The van der Waals surface area contributed by atoms with Gasteiger partial charge >= 0.3 is 0 Å². The third-order valence-corrected chi connectivity index (χ3v) is 4.67. The van der Waals surface area contributed by atoms with Crippen LogP contribution in [0.15, 0.2) is 17.0 Å². The van der Waals surface area contributed by atoms with Crippen LogP contribution in [-0.4, -0.2) is 32.8 Å². The van der Waals surface area contributed by atoms with Gasteiger partial charge in [0.1, 0.15) is 5.82 Å². The van der Waals surface area contributed by atoms with Gasteiger partial charge < -0.3 is 4.90 Å². The van der Waals surface area contributed by atoms with E-state index in [1.54, 1.807) is 7.05 Å². The largest absolute Gasteiger partial charge is 0.342 e. The summed E-state index contributed by atoms with van der Waals surface area (Å²) in [6, 6.07) is 1.69. The summed E-state index contributed by atoms with van der Waals surface area (Å²) in [7, 11) is 2.59. The van der Waals surface area contributed by atoms with Gasteiger partial charge in [-0.2, -0.15) is 0 Å². The van der Waals surface area contributed by atoms with Crippen LogP contribution in [0.5, 0.6) is 0 Å². The zero-order valence-electron chi connectivity index (χ0n) is 11.7. The Balaban J connectivity index is 3.11. The van der Waals surface area contributed by atoms with Gasteiger partial charge in [0.2, 0.25) is 0 Å². The second-order valence-electron chi connectivity index (χ2n) is 4.64. The van der Waals surface area contributed by atoms with Gasteiger partial charge in [-0.15, -0.1) is 0 Å². The molecule has 0 saturated carbocycles. The minimum atomic E-state index is -4.14. The van der Waals surface area contributed by atoms with E-state index in [2.05, 4.69) is 0 Å². The van der Waals surface area contributed by atoms with Crippen molar-refractivity contribution in [3.63, 3.8) is 0 Å². The highest BCUT2D eigenvalue weighted by atomic mass is 35.7. The van der Waals surface area contributed by atoms with Crippen molar-refractivity contribution in [1.82, 2.24) is 4.90 Å². The van der Waals surface area contributed by atoms with E-state index >= 15 is 0 Å². The summed E-state index contributed by atoms with van der Waals surface area (Å²) < 4.78 is 36.2. The van der Waals surface area contributed by atoms with Crippen molar-refractivity contribution in [2.45, 2.75) is 31.1 Å². The van der Waals surface area contributed by atoms with Crippen LogP contribution in [0.1, 0.15) is 36.5 Å². The molecule has 1 aromatic carbocycles. The number of halogens is 3. The van der Waals surface area contributed by atoms with E-state index in [9.17, 15) is 17.6 Å². The lowest BCUT2D eigenvalue weighted by Gasteiger charge is -2.18. The van der Waals surface area contributed by atoms with Crippen LogP contribution in [-0.2, 0) is 9.05 Å². The first-order valence-corrected chi connectivity index (χ1v) is 9.06. The molecule has 0 radical (unpaired) electrons. The zero-order chi connectivity index (χ0) is 16.2. The normalized spacial score (nSPS) is 11.5. The molecule has 0 fully saturated rings. The van der Waals surface area contributed by atoms with Gasteiger partial charge in [0.15, 0.2) is 0 Å². The standard InChI is InChI=1S/C13H16Cl2FNO3S/c1-3-4-5-6-17(2)13(18)10-7-9(21(15,19)20)8-11(16)12(10)14/h7-8H,3-6H2,1-2H3. The van der Waals surface area contributed by atoms with Crippen LogP contribution >= 0.6 is 22.3 Å². The Hall–Kier alpha value is -0.850. The molecule has 1 amide bonds. The molecule has 4 nitrogen and oxygen atoms in total. The van der Waals surface area contributed by atoms with Crippen LogP contribution in [0.4, 0.5) is 4.39 Å². The van der Waals surface area contributed by atoms with Gasteiger partial charge in [0.25, 0.3) is 15.0 Å². The Kier molecular flexibility index (Phi) is 6.43. The lowest BCUT2D eigenvalue weighted by molar-refractivity contribution is 0.0792. The Labute approximate surface area is 133 Å². The van der Waals surface area contributed by atoms with Crippen LogP contribution in [0, 0.1) is 5.82 Å². The van der Waals surface area contributed by atoms with Crippen LogP contribution < -0.4 is 0 Å². The van der Waals surface area contributed by atoms with Gasteiger partial charge in [0, 0.05) is 24.3 Å². The molecule has 0 aliphatic carbocycles. The van der Waals surface area contributed by atoms with Crippen molar-refractivity contribution in [2.24, 2.45) is 0 Å². The van der Waals surface area contributed by atoms with E-state index < -0.39 is 30.7 Å². The average molecular weight is 356 g/mol. The first kappa shape index (κ1) is 18.2. The van der Waals surface area contributed by atoms with Crippen molar-refractivity contribution in [3.05, 3.63) is 28.5 Å². The molecule has 0 unspecified atom stereocenters. The number of nitrogens with zero attached hydrogens (tertiary/aromatic N) is 1. The molecular weight excluding hydrogens is 340 g/mol. The SMILES string of the molecule is CCCCCN(C)C(=O)c1cc(S(=O)(=O)Cl)cc(F)c1Cl. The molecule has 0 aliphatic heterocycles. The molecule has 0 bridgehead atoms. The minimum absolute atomic E-state index is 0.213. The van der Waals surface area contributed by atoms with Gasteiger partial charge in [-0.25, -0.2) is 12.8 Å². The fourth-order valence-electron chi connectivity index (χ4n) is 1.77. The molecule has 0 spiro atoms. The van der Waals surface area contributed by atoms with E-state index in [1.807, 2.05) is 6.92 Å². The van der Waals surface area contributed by atoms with Crippen molar-refractivity contribution in [3.8, 4) is 0 Å². The van der Waals surface area contributed by atoms with Crippen LogP contribution in [0.3, 0.4) is 0 Å². The Morgan fingerprint density at radius 3 is 2.48 bits per heavy atom. The van der Waals surface area contributed by atoms with Crippen molar-refractivity contribution in [2.75, 3.05) is 13.6 Å². The lowest BCUT2D eigenvalue weighted by atomic mass is 10.1.